The minimum absolute atomic E-state index is 0. The Morgan fingerprint density at radius 1 is 0.800 bits per heavy atom. The van der Waals surface area contributed by atoms with E-state index in [1.165, 1.54) is 57.8 Å². The van der Waals surface area contributed by atoms with Gasteiger partial charge < -0.3 is 15.2 Å². The molecule has 0 saturated heterocycles. The van der Waals surface area contributed by atoms with Gasteiger partial charge in [-0.15, -0.1) is 0 Å². The van der Waals surface area contributed by atoms with Crippen LogP contribution in [0.2, 0.25) is 0 Å². The second-order valence-corrected chi connectivity index (χ2v) is 5.05. The number of nitrogens with one attached hydrogen (secondary N) is 1. The van der Waals surface area contributed by atoms with E-state index in [4.69, 9.17) is 0 Å². The van der Waals surface area contributed by atoms with Gasteiger partial charge in [0, 0.05) is 12.5 Å². The second-order valence-electron chi connectivity index (χ2n) is 5.05. The number of hydrogen-bond donors (Lipinski definition) is 1. The van der Waals surface area contributed by atoms with Crippen LogP contribution in [0.4, 0.5) is 0 Å². The van der Waals surface area contributed by atoms with Crippen molar-refractivity contribution < 1.29 is 69.0 Å². The number of carbonyl (C=O) groups excluding carboxylic acids is 1. The van der Waals surface area contributed by atoms with Crippen molar-refractivity contribution in [2.45, 2.75) is 77.6 Å². The molecule has 0 fully saturated rings. The van der Waals surface area contributed by atoms with Gasteiger partial charge in [-0.1, -0.05) is 64.7 Å². The third-order valence-corrected chi connectivity index (χ3v) is 3.21. The average Bonchev–Trinajstić information content (AvgIpc) is 2.34. The molecule has 0 aliphatic carbocycles. The monoisotopic (exact) mass is 302 g/mol. The summed E-state index contributed by atoms with van der Waals surface area (Å²) in [6.45, 7) is 3.73. The molecule has 0 aliphatic rings. The zero-order valence-corrected chi connectivity index (χ0v) is 18.0. The van der Waals surface area contributed by atoms with E-state index in [9.17, 15) is 9.90 Å². The average molecular weight is 302 g/mol. The van der Waals surface area contributed by atoms with Gasteiger partial charge in [0.25, 0.3) is 0 Å². The SMILES string of the molecule is CCCCCCCCCCCCNCCC(=O)[O-].[Na+].[Na+]. The number of carboxylic acid groups (broad SMARTS) is 1. The van der Waals surface area contributed by atoms with Crippen LogP contribution in [0.15, 0.2) is 0 Å². The van der Waals surface area contributed by atoms with Crippen molar-refractivity contribution in [1.29, 1.82) is 0 Å². The van der Waals surface area contributed by atoms with E-state index in [0.717, 1.165) is 13.0 Å². The third-order valence-electron chi connectivity index (χ3n) is 3.21. The fourth-order valence-electron chi connectivity index (χ4n) is 2.05. The topological polar surface area (TPSA) is 52.2 Å². The largest absolute Gasteiger partial charge is 1.00 e. The van der Waals surface area contributed by atoms with Crippen LogP contribution in [0.3, 0.4) is 0 Å². The number of aliphatic carboxylic acids is 1. The predicted molar refractivity (Wildman–Crippen MR) is 74.3 cm³/mol. The molecule has 3 nitrogen and oxygen atoms in total. The van der Waals surface area contributed by atoms with E-state index < -0.39 is 5.97 Å². The molecule has 0 aromatic rings. The van der Waals surface area contributed by atoms with Gasteiger partial charge in [0.1, 0.15) is 0 Å². The first-order chi connectivity index (χ1) is 8.77. The van der Waals surface area contributed by atoms with Crippen molar-refractivity contribution >= 4 is 5.97 Å². The van der Waals surface area contributed by atoms with Gasteiger partial charge in [0.2, 0.25) is 0 Å². The molecular weight excluding hydrogens is 272 g/mol. The number of unbranched alkanes of at least 4 members (excludes halogenated alkanes) is 9. The second kappa shape index (κ2) is 22.7. The van der Waals surface area contributed by atoms with Gasteiger partial charge >= 0.3 is 59.1 Å². The molecule has 0 aromatic carbocycles. The molecule has 20 heavy (non-hydrogen) atoms. The van der Waals surface area contributed by atoms with Crippen LogP contribution >= 0.6 is 0 Å². The van der Waals surface area contributed by atoms with Crippen LogP contribution < -0.4 is 69.5 Å². The fourth-order valence-corrected chi connectivity index (χ4v) is 2.05. The Hall–Kier alpha value is 1.43. The van der Waals surface area contributed by atoms with Crippen LogP contribution in [-0.2, 0) is 4.79 Å². The number of hydrogen-bond acceptors (Lipinski definition) is 3. The molecule has 0 spiro atoms. The van der Waals surface area contributed by atoms with Crippen molar-refractivity contribution in [2.24, 2.45) is 0 Å². The molecule has 0 radical (unpaired) electrons. The van der Waals surface area contributed by atoms with Gasteiger partial charge in [-0.25, -0.2) is 0 Å². The molecule has 0 aromatic heterocycles. The summed E-state index contributed by atoms with van der Waals surface area (Å²) in [4.78, 5) is 10.1. The molecule has 0 atom stereocenters. The Morgan fingerprint density at radius 3 is 1.70 bits per heavy atom. The molecule has 0 unspecified atom stereocenters. The molecule has 0 heterocycles. The molecule has 108 valence electrons. The Bertz CT molecular complexity index is 193. The summed E-state index contributed by atoms with van der Waals surface area (Å²) < 4.78 is 0. The summed E-state index contributed by atoms with van der Waals surface area (Å²) in [6.07, 6.45) is 13.5. The Labute approximate surface area is 169 Å². The first kappa shape index (κ1) is 26.3. The van der Waals surface area contributed by atoms with Gasteiger partial charge in [-0.2, -0.15) is 0 Å². The van der Waals surface area contributed by atoms with E-state index >= 15 is 0 Å². The van der Waals surface area contributed by atoms with E-state index in [0.29, 0.717) is 6.54 Å². The van der Waals surface area contributed by atoms with Crippen molar-refractivity contribution in [1.82, 2.24) is 5.32 Å². The van der Waals surface area contributed by atoms with E-state index in [-0.39, 0.29) is 65.5 Å². The first-order valence-electron chi connectivity index (χ1n) is 7.68. The molecule has 5 heteroatoms. The molecule has 0 amide bonds. The minimum atomic E-state index is -0.967. The van der Waals surface area contributed by atoms with Gasteiger partial charge in [-0.05, 0) is 19.4 Å². The van der Waals surface area contributed by atoms with Crippen molar-refractivity contribution in [3.8, 4) is 0 Å². The summed E-state index contributed by atoms with van der Waals surface area (Å²) in [5, 5.41) is 13.3. The normalized spacial score (nSPS) is 9.65. The molecule has 0 aliphatic heterocycles. The Kier molecular flexibility index (Phi) is 29.9. The van der Waals surface area contributed by atoms with Crippen LogP contribution in [-0.4, -0.2) is 19.1 Å². The Morgan fingerprint density at radius 2 is 1.25 bits per heavy atom. The smallest absolute Gasteiger partial charge is 0.550 e. The van der Waals surface area contributed by atoms with Crippen LogP contribution in [0.5, 0.6) is 0 Å². The first-order valence-corrected chi connectivity index (χ1v) is 7.68. The summed E-state index contributed by atoms with van der Waals surface area (Å²) >= 11 is 0. The summed E-state index contributed by atoms with van der Waals surface area (Å²) in [5.41, 5.74) is 0. The number of carbonyl (C=O) groups is 1. The summed E-state index contributed by atoms with van der Waals surface area (Å²) in [5.74, 6) is -0.967. The molecule has 0 bridgehead atoms. The van der Waals surface area contributed by atoms with Crippen molar-refractivity contribution in [3.05, 3.63) is 0 Å². The molecule has 0 saturated carbocycles. The maximum absolute atomic E-state index is 10.1. The predicted octanol–water partition coefficient (Wildman–Crippen LogP) is -3.36. The maximum Gasteiger partial charge on any atom is 1.00 e. The van der Waals surface area contributed by atoms with Crippen LogP contribution in [0.1, 0.15) is 77.6 Å². The van der Waals surface area contributed by atoms with E-state index in [1.807, 2.05) is 0 Å². The summed E-state index contributed by atoms with van der Waals surface area (Å²) in [6, 6.07) is 0. The van der Waals surface area contributed by atoms with Crippen LogP contribution in [0.25, 0.3) is 0 Å². The number of rotatable bonds is 14. The Balaban J connectivity index is -0.00000144. The quantitative estimate of drug-likeness (QED) is 0.269. The van der Waals surface area contributed by atoms with E-state index in [2.05, 4.69) is 12.2 Å². The van der Waals surface area contributed by atoms with E-state index in [1.54, 1.807) is 0 Å². The molecule has 1 N–H and O–H groups in total. The maximum atomic E-state index is 10.1. The zero-order valence-electron chi connectivity index (χ0n) is 14.0. The minimum Gasteiger partial charge on any atom is -0.550 e. The zero-order chi connectivity index (χ0) is 13.5. The van der Waals surface area contributed by atoms with Gasteiger partial charge in [0.15, 0.2) is 0 Å². The molecule has 0 rings (SSSR count). The van der Waals surface area contributed by atoms with Crippen LogP contribution in [0, 0.1) is 0 Å². The summed E-state index contributed by atoms with van der Waals surface area (Å²) in [7, 11) is 0. The molecular formula is C15H30NNa2O2+. The van der Waals surface area contributed by atoms with Crippen molar-refractivity contribution in [3.63, 3.8) is 0 Å². The van der Waals surface area contributed by atoms with Crippen molar-refractivity contribution in [2.75, 3.05) is 13.1 Å². The fraction of sp³-hybridized carbons (Fsp3) is 0.933. The third kappa shape index (κ3) is 24.4. The van der Waals surface area contributed by atoms with Gasteiger partial charge in [-0.3, -0.25) is 0 Å². The number of carboxylic acids is 1. The standard InChI is InChI=1S/C15H31NO2.2Na/c1-2-3-4-5-6-7-8-9-10-11-13-16-14-12-15(17)18;;/h16H,2-14H2,1H3,(H,17,18);;/q;2*+1/p-1. The van der Waals surface area contributed by atoms with Gasteiger partial charge in [0.05, 0.1) is 0 Å².